The number of halogens is 1. The first kappa shape index (κ1) is 16.8. The fraction of sp³-hybridized carbons (Fsp3) is 0.706. The van der Waals surface area contributed by atoms with Crippen LogP contribution in [0.5, 0.6) is 0 Å². The summed E-state index contributed by atoms with van der Waals surface area (Å²) < 4.78 is 1.06. The maximum absolute atomic E-state index is 4.71. The van der Waals surface area contributed by atoms with Gasteiger partial charge in [0.15, 0.2) is 0 Å². The molecular formula is C17H28BrN3. The Morgan fingerprint density at radius 2 is 1.76 bits per heavy atom. The van der Waals surface area contributed by atoms with Gasteiger partial charge in [0.25, 0.3) is 0 Å². The zero-order valence-electron chi connectivity index (χ0n) is 13.6. The molecule has 1 N–H and O–H groups in total. The van der Waals surface area contributed by atoms with Crippen molar-refractivity contribution < 1.29 is 0 Å². The maximum Gasteiger partial charge on any atom is 0.133 e. The SMILES string of the molecule is CC(C)(C)NCc1cc(Br)cnc1N1CCCCCCC1. The Labute approximate surface area is 137 Å². The van der Waals surface area contributed by atoms with E-state index in [0.29, 0.717) is 0 Å². The quantitative estimate of drug-likeness (QED) is 0.866. The number of rotatable bonds is 3. The average Bonchev–Trinajstić information content (AvgIpc) is 2.36. The highest BCUT2D eigenvalue weighted by Gasteiger charge is 2.16. The third-order valence-electron chi connectivity index (χ3n) is 3.87. The minimum atomic E-state index is 0.121. The van der Waals surface area contributed by atoms with E-state index in [0.717, 1.165) is 29.9 Å². The molecule has 0 bridgehead atoms. The summed E-state index contributed by atoms with van der Waals surface area (Å²) in [5.74, 6) is 1.16. The van der Waals surface area contributed by atoms with Gasteiger partial charge in [-0.15, -0.1) is 0 Å². The van der Waals surface area contributed by atoms with Crippen LogP contribution in [0, 0.1) is 0 Å². The topological polar surface area (TPSA) is 28.2 Å². The first-order chi connectivity index (χ1) is 9.96. The Balaban J connectivity index is 2.16. The Morgan fingerprint density at radius 1 is 1.14 bits per heavy atom. The largest absolute Gasteiger partial charge is 0.356 e. The Hall–Kier alpha value is -0.610. The van der Waals surface area contributed by atoms with E-state index in [9.17, 15) is 0 Å². The number of aromatic nitrogens is 1. The summed E-state index contributed by atoms with van der Waals surface area (Å²) >= 11 is 3.56. The minimum Gasteiger partial charge on any atom is -0.356 e. The molecule has 21 heavy (non-hydrogen) atoms. The highest BCUT2D eigenvalue weighted by atomic mass is 79.9. The van der Waals surface area contributed by atoms with Crippen LogP contribution in [-0.4, -0.2) is 23.6 Å². The van der Waals surface area contributed by atoms with E-state index in [1.165, 1.54) is 37.7 Å². The Morgan fingerprint density at radius 3 is 2.38 bits per heavy atom. The van der Waals surface area contributed by atoms with E-state index in [-0.39, 0.29) is 5.54 Å². The van der Waals surface area contributed by atoms with Crippen LogP contribution in [0.3, 0.4) is 0 Å². The van der Waals surface area contributed by atoms with E-state index in [4.69, 9.17) is 4.98 Å². The summed E-state index contributed by atoms with van der Waals surface area (Å²) in [6.45, 7) is 9.74. The molecule has 118 valence electrons. The molecule has 1 aliphatic rings. The highest BCUT2D eigenvalue weighted by Crippen LogP contribution is 2.24. The minimum absolute atomic E-state index is 0.121. The summed E-state index contributed by atoms with van der Waals surface area (Å²) in [4.78, 5) is 7.19. The number of nitrogens with zero attached hydrogens (tertiary/aromatic N) is 2. The zero-order chi connectivity index (χ0) is 15.3. The lowest BCUT2D eigenvalue weighted by Gasteiger charge is -2.29. The standard InChI is InChI=1S/C17H28BrN3/c1-17(2,3)20-12-14-11-15(18)13-19-16(14)21-9-7-5-4-6-8-10-21/h11,13,20H,4-10,12H2,1-3H3. The molecule has 0 radical (unpaired) electrons. The van der Waals surface area contributed by atoms with Gasteiger partial charge in [-0.3, -0.25) is 0 Å². The van der Waals surface area contributed by atoms with Crippen LogP contribution >= 0.6 is 15.9 Å². The molecule has 0 aliphatic carbocycles. The number of nitrogens with one attached hydrogen (secondary N) is 1. The molecule has 1 aromatic heterocycles. The second-order valence-electron chi connectivity index (χ2n) is 6.99. The fourth-order valence-electron chi connectivity index (χ4n) is 2.71. The van der Waals surface area contributed by atoms with Gasteiger partial charge in [-0.05, 0) is 55.6 Å². The summed E-state index contributed by atoms with van der Waals surface area (Å²) in [5.41, 5.74) is 1.41. The van der Waals surface area contributed by atoms with Gasteiger partial charge in [0, 0.05) is 41.4 Å². The normalized spacial score (nSPS) is 17.4. The van der Waals surface area contributed by atoms with Crippen molar-refractivity contribution in [2.24, 2.45) is 0 Å². The summed E-state index contributed by atoms with van der Waals surface area (Å²) in [6, 6.07) is 2.21. The first-order valence-electron chi connectivity index (χ1n) is 8.10. The third kappa shape index (κ3) is 5.59. The lowest BCUT2D eigenvalue weighted by molar-refractivity contribution is 0.423. The predicted octanol–water partition coefficient (Wildman–Crippen LogP) is 4.50. The molecule has 0 aromatic carbocycles. The van der Waals surface area contributed by atoms with E-state index in [1.54, 1.807) is 0 Å². The van der Waals surface area contributed by atoms with Gasteiger partial charge in [-0.2, -0.15) is 0 Å². The van der Waals surface area contributed by atoms with Gasteiger partial charge >= 0.3 is 0 Å². The molecular weight excluding hydrogens is 326 g/mol. The van der Waals surface area contributed by atoms with Crippen LogP contribution in [0.1, 0.15) is 58.4 Å². The van der Waals surface area contributed by atoms with Crippen molar-refractivity contribution in [3.63, 3.8) is 0 Å². The molecule has 0 unspecified atom stereocenters. The van der Waals surface area contributed by atoms with Crippen molar-refractivity contribution in [3.8, 4) is 0 Å². The van der Waals surface area contributed by atoms with Crippen molar-refractivity contribution in [1.29, 1.82) is 0 Å². The van der Waals surface area contributed by atoms with Crippen molar-refractivity contribution in [1.82, 2.24) is 10.3 Å². The summed E-state index contributed by atoms with van der Waals surface area (Å²) in [5, 5.41) is 3.59. The zero-order valence-corrected chi connectivity index (χ0v) is 15.2. The van der Waals surface area contributed by atoms with Gasteiger partial charge in [-0.1, -0.05) is 19.3 Å². The third-order valence-corrected chi connectivity index (χ3v) is 4.31. The monoisotopic (exact) mass is 353 g/mol. The molecule has 3 nitrogen and oxygen atoms in total. The van der Waals surface area contributed by atoms with Crippen LogP contribution in [-0.2, 0) is 6.54 Å². The summed E-state index contributed by atoms with van der Waals surface area (Å²) in [7, 11) is 0. The molecule has 0 amide bonds. The van der Waals surface area contributed by atoms with Gasteiger partial charge in [0.2, 0.25) is 0 Å². The van der Waals surface area contributed by atoms with Crippen molar-refractivity contribution in [2.75, 3.05) is 18.0 Å². The molecule has 2 heterocycles. The van der Waals surface area contributed by atoms with E-state index in [2.05, 4.69) is 53.0 Å². The number of hydrogen-bond acceptors (Lipinski definition) is 3. The predicted molar refractivity (Wildman–Crippen MR) is 93.8 cm³/mol. The first-order valence-corrected chi connectivity index (χ1v) is 8.89. The second kappa shape index (κ2) is 7.59. The number of pyridine rings is 1. The van der Waals surface area contributed by atoms with Crippen LogP contribution in [0.15, 0.2) is 16.7 Å². The fourth-order valence-corrected chi connectivity index (χ4v) is 3.09. The summed E-state index contributed by atoms with van der Waals surface area (Å²) in [6.07, 6.45) is 8.58. The smallest absolute Gasteiger partial charge is 0.133 e. The molecule has 1 aromatic rings. The highest BCUT2D eigenvalue weighted by molar-refractivity contribution is 9.10. The Bertz CT molecular complexity index is 446. The van der Waals surface area contributed by atoms with Gasteiger partial charge in [0.05, 0.1) is 0 Å². The van der Waals surface area contributed by atoms with Crippen molar-refractivity contribution >= 4 is 21.7 Å². The number of anilines is 1. The van der Waals surface area contributed by atoms with Gasteiger partial charge in [0.1, 0.15) is 5.82 Å². The van der Waals surface area contributed by atoms with E-state index in [1.807, 2.05) is 6.20 Å². The number of hydrogen-bond donors (Lipinski definition) is 1. The van der Waals surface area contributed by atoms with E-state index < -0.39 is 0 Å². The van der Waals surface area contributed by atoms with Crippen molar-refractivity contribution in [3.05, 3.63) is 22.3 Å². The molecule has 4 heteroatoms. The van der Waals surface area contributed by atoms with Gasteiger partial charge in [-0.25, -0.2) is 4.98 Å². The van der Waals surface area contributed by atoms with Crippen molar-refractivity contribution in [2.45, 2.75) is 65.0 Å². The molecule has 0 atom stereocenters. The maximum atomic E-state index is 4.71. The Kier molecular flexibility index (Phi) is 6.06. The lowest BCUT2D eigenvalue weighted by Crippen LogP contribution is -2.36. The molecule has 2 rings (SSSR count). The van der Waals surface area contributed by atoms with Crippen LogP contribution < -0.4 is 10.2 Å². The molecule has 1 fully saturated rings. The van der Waals surface area contributed by atoms with Crippen LogP contribution in [0.2, 0.25) is 0 Å². The lowest BCUT2D eigenvalue weighted by atomic mass is 10.1. The molecule has 0 saturated carbocycles. The van der Waals surface area contributed by atoms with Crippen LogP contribution in [0.25, 0.3) is 0 Å². The average molecular weight is 354 g/mol. The molecule has 1 aliphatic heterocycles. The van der Waals surface area contributed by atoms with Gasteiger partial charge < -0.3 is 10.2 Å². The molecule has 0 spiro atoms. The molecule has 1 saturated heterocycles. The van der Waals surface area contributed by atoms with Crippen LogP contribution in [0.4, 0.5) is 5.82 Å². The second-order valence-corrected chi connectivity index (χ2v) is 7.91. The van der Waals surface area contributed by atoms with E-state index >= 15 is 0 Å².